The molecule has 0 radical (unpaired) electrons. The van der Waals surface area contributed by atoms with Crippen LogP contribution < -0.4 is 10.9 Å². The van der Waals surface area contributed by atoms with E-state index in [0.717, 1.165) is 19.6 Å². The maximum atomic E-state index is 12.9. The number of aromatic nitrogens is 4. The molecule has 0 aromatic carbocycles. The average Bonchev–Trinajstić information content (AvgIpc) is 3.09. The summed E-state index contributed by atoms with van der Waals surface area (Å²) < 4.78 is 2.98. The summed E-state index contributed by atoms with van der Waals surface area (Å²) >= 11 is 0. The highest BCUT2D eigenvalue weighted by Gasteiger charge is 2.19. The van der Waals surface area contributed by atoms with Crippen LogP contribution in [0.25, 0.3) is 11.3 Å². The number of nitrogens with zero attached hydrogens (tertiary/aromatic N) is 5. The number of carbonyl (C=O) groups excluding carboxylic acids is 1. The van der Waals surface area contributed by atoms with E-state index in [2.05, 4.69) is 20.2 Å². The first-order chi connectivity index (χ1) is 13.6. The number of amides is 1. The van der Waals surface area contributed by atoms with Gasteiger partial charge >= 0.3 is 0 Å². The molecule has 4 heterocycles. The molecule has 8 heteroatoms. The zero-order valence-electron chi connectivity index (χ0n) is 16.0. The van der Waals surface area contributed by atoms with Crippen molar-refractivity contribution >= 4 is 11.6 Å². The van der Waals surface area contributed by atoms with E-state index in [-0.39, 0.29) is 11.5 Å². The Kier molecular flexibility index (Phi) is 5.21. The Balaban J connectivity index is 1.64. The summed E-state index contributed by atoms with van der Waals surface area (Å²) in [6.07, 6.45) is 7.00. The molecule has 0 atom stereocenters. The lowest BCUT2D eigenvalue weighted by Gasteiger charge is -2.26. The van der Waals surface area contributed by atoms with Crippen LogP contribution in [0, 0.1) is 6.92 Å². The van der Waals surface area contributed by atoms with Gasteiger partial charge in [-0.1, -0.05) is 6.42 Å². The van der Waals surface area contributed by atoms with E-state index in [4.69, 9.17) is 0 Å². The topological polar surface area (TPSA) is 84.5 Å². The summed E-state index contributed by atoms with van der Waals surface area (Å²) in [4.78, 5) is 36.4. The van der Waals surface area contributed by atoms with Crippen molar-refractivity contribution in [1.29, 1.82) is 0 Å². The van der Waals surface area contributed by atoms with Crippen LogP contribution in [0.3, 0.4) is 0 Å². The van der Waals surface area contributed by atoms with Crippen LogP contribution in [-0.4, -0.2) is 56.2 Å². The molecule has 1 amide bonds. The standard InChI is InChI=1S/C20H24N6O2/c1-15-12-19(27)26-18(23-15)13-17(25(26)16-6-5-7-21-14-16)20(28)22-8-11-24-9-3-2-4-10-24/h5-7,12-14H,2-4,8-11H2,1H3,(H,22,28). The van der Waals surface area contributed by atoms with Gasteiger partial charge < -0.3 is 10.2 Å². The lowest BCUT2D eigenvalue weighted by molar-refractivity contribution is 0.0938. The van der Waals surface area contributed by atoms with E-state index < -0.39 is 0 Å². The van der Waals surface area contributed by atoms with Crippen molar-refractivity contribution in [3.8, 4) is 5.69 Å². The zero-order chi connectivity index (χ0) is 19.5. The summed E-state index contributed by atoms with van der Waals surface area (Å²) in [5.74, 6) is -0.233. The number of carbonyl (C=O) groups is 1. The molecule has 8 nitrogen and oxygen atoms in total. The normalized spacial score (nSPS) is 15.0. The minimum absolute atomic E-state index is 0.233. The number of pyridine rings is 1. The Bertz CT molecular complexity index is 1030. The smallest absolute Gasteiger partial charge is 0.273 e. The Morgan fingerprint density at radius 2 is 2.04 bits per heavy atom. The van der Waals surface area contributed by atoms with Crippen LogP contribution in [0.1, 0.15) is 35.4 Å². The van der Waals surface area contributed by atoms with Crippen LogP contribution in [0.2, 0.25) is 0 Å². The summed E-state index contributed by atoms with van der Waals surface area (Å²) in [6, 6.07) is 6.69. The highest BCUT2D eigenvalue weighted by molar-refractivity contribution is 5.94. The molecule has 146 valence electrons. The first kappa shape index (κ1) is 18.4. The Hall–Kier alpha value is -3.00. The van der Waals surface area contributed by atoms with E-state index in [1.807, 2.05) is 6.07 Å². The Labute approximate surface area is 162 Å². The second-order valence-corrected chi connectivity index (χ2v) is 7.12. The Morgan fingerprint density at radius 3 is 2.79 bits per heavy atom. The van der Waals surface area contributed by atoms with E-state index in [1.54, 1.807) is 36.1 Å². The molecule has 3 aromatic heterocycles. The molecule has 0 spiro atoms. The minimum atomic E-state index is -0.237. The molecule has 1 N–H and O–H groups in total. The molecular weight excluding hydrogens is 356 g/mol. The fourth-order valence-electron chi connectivity index (χ4n) is 3.70. The van der Waals surface area contributed by atoms with Gasteiger partial charge in [-0.05, 0) is 45.0 Å². The van der Waals surface area contributed by atoms with Gasteiger partial charge in [0.05, 0.1) is 11.9 Å². The minimum Gasteiger partial charge on any atom is -0.349 e. The fraction of sp³-hybridized carbons (Fsp3) is 0.400. The van der Waals surface area contributed by atoms with Gasteiger partial charge in [-0.2, -0.15) is 4.52 Å². The number of fused-ring (bicyclic) bond motifs is 1. The highest BCUT2D eigenvalue weighted by atomic mass is 16.2. The quantitative estimate of drug-likeness (QED) is 0.723. The van der Waals surface area contributed by atoms with Crippen LogP contribution in [0.4, 0.5) is 0 Å². The number of aryl methyl sites for hydroxylation is 1. The molecule has 4 rings (SSSR count). The lowest BCUT2D eigenvalue weighted by Crippen LogP contribution is -2.38. The van der Waals surface area contributed by atoms with Gasteiger partial charge in [-0.25, -0.2) is 9.67 Å². The van der Waals surface area contributed by atoms with Gasteiger partial charge in [0.25, 0.3) is 11.5 Å². The van der Waals surface area contributed by atoms with Crippen molar-refractivity contribution in [3.63, 3.8) is 0 Å². The number of likely N-dealkylation sites (tertiary alicyclic amines) is 1. The summed E-state index contributed by atoms with van der Waals surface area (Å²) in [5.41, 5.74) is 1.81. The molecule has 0 bridgehead atoms. The van der Waals surface area contributed by atoms with Gasteiger partial charge in [0.2, 0.25) is 0 Å². The predicted octanol–water partition coefficient (Wildman–Crippen LogP) is 1.40. The van der Waals surface area contributed by atoms with Gasteiger partial charge in [-0.3, -0.25) is 14.6 Å². The second kappa shape index (κ2) is 7.93. The van der Waals surface area contributed by atoms with Crippen LogP contribution in [-0.2, 0) is 0 Å². The van der Waals surface area contributed by atoms with Crippen LogP contribution in [0.15, 0.2) is 41.5 Å². The maximum Gasteiger partial charge on any atom is 0.273 e. The molecule has 0 aliphatic carbocycles. The van der Waals surface area contributed by atoms with Gasteiger partial charge in [0, 0.05) is 37.1 Å². The van der Waals surface area contributed by atoms with E-state index in [0.29, 0.717) is 29.3 Å². The van der Waals surface area contributed by atoms with Crippen molar-refractivity contribution in [2.24, 2.45) is 0 Å². The lowest BCUT2D eigenvalue weighted by atomic mass is 10.1. The van der Waals surface area contributed by atoms with Gasteiger partial charge in [0.15, 0.2) is 5.65 Å². The molecular formula is C20H24N6O2. The SMILES string of the molecule is Cc1cc(=O)n2c(cc(C(=O)NCCN3CCCCC3)n2-c2cccnc2)n1. The first-order valence-electron chi connectivity index (χ1n) is 9.67. The first-order valence-corrected chi connectivity index (χ1v) is 9.67. The molecule has 0 unspecified atom stereocenters. The molecule has 1 fully saturated rings. The van der Waals surface area contributed by atoms with Crippen molar-refractivity contribution < 1.29 is 4.79 Å². The van der Waals surface area contributed by atoms with Gasteiger partial charge in [0.1, 0.15) is 5.69 Å². The number of hydrogen-bond donors (Lipinski definition) is 1. The third-order valence-corrected chi connectivity index (χ3v) is 5.03. The van der Waals surface area contributed by atoms with E-state index in [9.17, 15) is 9.59 Å². The van der Waals surface area contributed by atoms with Crippen molar-refractivity contribution in [2.75, 3.05) is 26.2 Å². The number of nitrogens with one attached hydrogen (secondary N) is 1. The third kappa shape index (κ3) is 3.68. The van der Waals surface area contributed by atoms with E-state index in [1.165, 1.54) is 29.8 Å². The fourth-order valence-corrected chi connectivity index (χ4v) is 3.70. The van der Waals surface area contributed by atoms with Crippen molar-refractivity contribution in [2.45, 2.75) is 26.2 Å². The molecule has 1 saturated heterocycles. The highest BCUT2D eigenvalue weighted by Crippen LogP contribution is 2.14. The number of piperidine rings is 1. The van der Waals surface area contributed by atoms with E-state index >= 15 is 0 Å². The molecule has 3 aromatic rings. The molecule has 28 heavy (non-hydrogen) atoms. The number of hydrogen-bond acceptors (Lipinski definition) is 5. The summed E-state index contributed by atoms with van der Waals surface area (Å²) in [5, 5.41) is 2.99. The summed E-state index contributed by atoms with van der Waals surface area (Å²) in [6.45, 7) is 5.33. The monoisotopic (exact) mass is 380 g/mol. The van der Waals surface area contributed by atoms with Gasteiger partial charge in [-0.15, -0.1) is 0 Å². The third-order valence-electron chi connectivity index (χ3n) is 5.03. The predicted molar refractivity (Wildman–Crippen MR) is 106 cm³/mol. The zero-order valence-corrected chi connectivity index (χ0v) is 16.0. The number of rotatable bonds is 5. The second-order valence-electron chi connectivity index (χ2n) is 7.12. The largest absolute Gasteiger partial charge is 0.349 e. The Morgan fingerprint density at radius 1 is 1.21 bits per heavy atom. The molecule has 1 aliphatic rings. The summed E-state index contributed by atoms with van der Waals surface area (Å²) in [7, 11) is 0. The van der Waals surface area contributed by atoms with Crippen molar-refractivity contribution in [3.05, 3.63) is 58.4 Å². The average molecular weight is 380 g/mol. The van der Waals surface area contributed by atoms with Crippen LogP contribution in [0.5, 0.6) is 0 Å². The van der Waals surface area contributed by atoms with Crippen molar-refractivity contribution in [1.82, 2.24) is 29.4 Å². The van der Waals surface area contributed by atoms with Crippen LogP contribution >= 0.6 is 0 Å². The molecule has 0 saturated carbocycles. The maximum absolute atomic E-state index is 12.9. The molecule has 1 aliphatic heterocycles.